The second kappa shape index (κ2) is 8.26. The van der Waals surface area contributed by atoms with E-state index in [0.29, 0.717) is 11.4 Å². The van der Waals surface area contributed by atoms with Gasteiger partial charge in [0.15, 0.2) is 5.82 Å². The third-order valence-corrected chi connectivity index (χ3v) is 5.57. The summed E-state index contributed by atoms with van der Waals surface area (Å²) in [5.74, 6) is 0.868. The van der Waals surface area contributed by atoms with Crippen molar-refractivity contribution in [3.63, 3.8) is 0 Å². The quantitative estimate of drug-likeness (QED) is 0.608. The number of likely N-dealkylation sites (N-methyl/N-ethyl adjacent to an activating group) is 1. The molecule has 29 heavy (non-hydrogen) atoms. The van der Waals surface area contributed by atoms with Crippen LogP contribution in [0.3, 0.4) is 0 Å². The van der Waals surface area contributed by atoms with Crippen LogP contribution in [0, 0.1) is 4.77 Å². The Bertz CT molecular complexity index is 1040. The van der Waals surface area contributed by atoms with Crippen molar-refractivity contribution in [2.24, 2.45) is 0 Å². The zero-order chi connectivity index (χ0) is 20.4. The van der Waals surface area contributed by atoms with Crippen molar-refractivity contribution in [3.05, 3.63) is 59.6 Å². The number of para-hydroxylation sites is 1. The fraction of sp³-hybridized carbons (Fsp3) is 0.333. The third kappa shape index (κ3) is 3.86. The highest BCUT2D eigenvalue weighted by Gasteiger charge is 2.32. The van der Waals surface area contributed by atoms with Gasteiger partial charge in [-0.15, -0.1) is 5.10 Å². The molecule has 0 radical (unpaired) electrons. The maximum atomic E-state index is 12.6. The van der Waals surface area contributed by atoms with Gasteiger partial charge in [0.1, 0.15) is 0 Å². The minimum absolute atomic E-state index is 0.129. The molecule has 3 aromatic rings. The Balaban J connectivity index is 1.75. The van der Waals surface area contributed by atoms with Gasteiger partial charge in [0.05, 0.1) is 12.7 Å². The number of carbonyl (C=O) groups is 1. The number of likely N-dealkylation sites (tertiary alicyclic amines) is 1. The summed E-state index contributed by atoms with van der Waals surface area (Å²) >= 11 is 5.81. The van der Waals surface area contributed by atoms with E-state index in [2.05, 4.69) is 9.88 Å². The Morgan fingerprint density at radius 2 is 2.00 bits per heavy atom. The van der Waals surface area contributed by atoms with E-state index in [1.165, 1.54) is 0 Å². The van der Waals surface area contributed by atoms with Crippen LogP contribution in [0.5, 0.6) is 0 Å². The number of rotatable bonds is 5. The average molecular weight is 409 g/mol. The first-order valence-electron chi connectivity index (χ1n) is 9.67. The van der Waals surface area contributed by atoms with Crippen molar-refractivity contribution < 1.29 is 4.79 Å². The van der Waals surface area contributed by atoms with Gasteiger partial charge in [-0.25, -0.2) is 4.68 Å². The van der Waals surface area contributed by atoms with Crippen molar-refractivity contribution in [3.8, 4) is 17.1 Å². The van der Waals surface area contributed by atoms with Gasteiger partial charge in [-0.05, 0) is 49.3 Å². The molecule has 1 atom stereocenters. The Labute approximate surface area is 175 Å². The molecule has 1 fully saturated rings. The van der Waals surface area contributed by atoms with Crippen molar-refractivity contribution in [2.75, 3.05) is 20.6 Å². The molecule has 3 heterocycles. The minimum Gasteiger partial charge on any atom is -0.347 e. The zero-order valence-corrected chi connectivity index (χ0v) is 17.4. The summed E-state index contributed by atoms with van der Waals surface area (Å²) in [4.78, 5) is 20.6. The summed E-state index contributed by atoms with van der Waals surface area (Å²) in [5.41, 5.74) is 1.84. The van der Waals surface area contributed by atoms with Crippen LogP contribution in [0.1, 0.15) is 12.8 Å². The number of carbonyl (C=O) groups excluding carboxylic acids is 1. The van der Waals surface area contributed by atoms with E-state index in [4.69, 9.17) is 17.3 Å². The lowest BCUT2D eigenvalue weighted by atomic mass is 10.2. The van der Waals surface area contributed by atoms with Gasteiger partial charge >= 0.3 is 0 Å². The van der Waals surface area contributed by atoms with E-state index in [1.54, 1.807) is 31.4 Å². The van der Waals surface area contributed by atoms with Gasteiger partial charge in [0.25, 0.3) is 0 Å². The molecule has 1 aliphatic rings. The fourth-order valence-electron chi connectivity index (χ4n) is 3.74. The molecule has 0 saturated carbocycles. The molecule has 1 aliphatic heterocycles. The molecule has 1 saturated heterocycles. The van der Waals surface area contributed by atoms with Crippen LogP contribution in [0.2, 0.25) is 0 Å². The summed E-state index contributed by atoms with van der Waals surface area (Å²) in [6.45, 7) is 1.34. The Morgan fingerprint density at radius 1 is 1.21 bits per heavy atom. The van der Waals surface area contributed by atoms with Gasteiger partial charge in [0, 0.05) is 44.3 Å². The predicted molar refractivity (Wildman–Crippen MR) is 114 cm³/mol. The van der Waals surface area contributed by atoms with Crippen LogP contribution in [-0.2, 0) is 11.5 Å². The first-order chi connectivity index (χ1) is 14.1. The number of pyridine rings is 1. The van der Waals surface area contributed by atoms with E-state index in [-0.39, 0.29) is 11.9 Å². The molecule has 4 rings (SSSR count). The van der Waals surface area contributed by atoms with Crippen LogP contribution in [-0.4, -0.2) is 61.7 Å². The highest BCUT2D eigenvalue weighted by Crippen LogP contribution is 2.24. The van der Waals surface area contributed by atoms with E-state index >= 15 is 0 Å². The molecule has 0 unspecified atom stereocenters. The normalized spacial score (nSPS) is 16.8. The molecule has 1 aromatic carbocycles. The van der Waals surface area contributed by atoms with Crippen molar-refractivity contribution in [1.29, 1.82) is 0 Å². The lowest BCUT2D eigenvalue weighted by Gasteiger charge is -2.25. The molecule has 7 nitrogen and oxygen atoms in total. The van der Waals surface area contributed by atoms with Gasteiger partial charge in [-0.2, -0.15) is 0 Å². The monoisotopic (exact) mass is 408 g/mol. The second-order valence-electron chi connectivity index (χ2n) is 7.36. The van der Waals surface area contributed by atoms with Gasteiger partial charge < -0.3 is 4.90 Å². The SMILES string of the molecule is CN(C)C(=O)[C@@H]1CCCN1Cn1nc(-c2cccnc2)n(-c2ccccc2)c1=S. The van der Waals surface area contributed by atoms with Gasteiger partial charge in [-0.3, -0.25) is 19.2 Å². The largest absolute Gasteiger partial charge is 0.347 e. The number of benzene rings is 1. The van der Waals surface area contributed by atoms with E-state index in [0.717, 1.165) is 36.5 Å². The van der Waals surface area contributed by atoms with Crippen LogP contribution in [0.4, 0.5) is 0 Å². The van der Waals surface area contributed by atoms with E-state index in [9.17, 15) is 4.79 Å². The fourth-order valence-corrected chi connectivity index (χ4v) is 4.03. The van der Waals surface area contributed by atoms with Crippen LogP contribution >= 0.6 is 12.2 Å². The average Bonchev–Trinajstić information content (AvgIpc) is 3.33. The van der Waals surface area contributed by atoms with Gasteiger partial charge in [0.2, 0.25) is 10.7 Å². The molecule has 0 spiro atoms. The number of aromatic nitrogens is 4. The molecule has 8 heteroatoms. The van der Waals surface area contributed by atoms with Crippen molar-refractivity contribution in [2.45, 2.75) is 25.6 Å². The molecule has 0 bridgehead atoms. The molecular formula is C21H24N6OS. The summed E-state index contributed by atoms with van der Waals surface area (Å²) in [6, 6.07) is 13.7. The van der Waals surface area contributed by atoms with Crippen LogP contribution in [0.15, 0.2) is 54.9 Å². The second-order valence-corrected chi connectivity index (χ2v) is 7.73. The predicted octanol–water partition coefficient (Wildman–Crippen LogP) is 2.98. The Hall–Kier alpha value is -2.84. The molecule has 1 amide bonds. The lowest BCUT2D eigenvalue weighted by Crippen LogP contribution is -2.43. The van der Waals surface area contributed by atoms with Gasteiger partial charge in [-0.1, -0.05) is 18.2 Å². The first-order valence-corrected chi connectivity index (χ1v) is 10.1. The maximum absolute atomic E-state index is 12.6. The van der Waals surface area contributed by atoms with E-state index < -0.39 is 0 Å². The minimum atomic E-state index is -0.129. The smallest absolute Gasteiger partial charge is 0.239 e. The number of nitrogens with zero attached hydrogens (tertiary/aromatic N) is 6. The molecule has 2 aromatic heterocycles. The maximum Gasteiger partial charge on any atom is 0.239 e. The lowest BCUT2D eigenvalue weighted by molar-refractivity contribution is -0.134. The Morgan fingerprint density at radius 3 is 2.69 bits per heavy atom. The molecule has 0 aliphatic carbocycles. The summed E-state index contributed by atoms with van der Waals surface area (Å²) in [6.07, 6.45) is 5.38. The number of hydrogen-bond donors (Lipinski definition) is 0. The summed E-state index contributed by atoms with van der Waals surface area (Å²) in [7, 11) is 3.60. The number of amides is 1. The Kier molecular flexibility index (Phi) is 5.55. The molecular weight excluding hydrogens is 384 g/mol. The first kappa shape index (κ1) is 19.5. The van der Waals surface area contributed by atoms with Crippen molar-refractivity contribution in [1.82, 2.24) is 29.1 Å². The summed E-state index contributed by atoms with van der Waals surface area (Å²) in [5, 5.41) is 4.83. The summed E-state index contributed by atoms with van der Waals surface area (Å²) < 4.78 is 4.37. The van der Waals surface area contributed by atoms with Crippen LogP contribution < -0.4 is 0 Å². The molecule has 0 N–H and O–H groups in total. The third-order valence-electron chi connectivity index (χ3n) is 5.18. The van der Waals surface area contributed by atoms with Crippen molar-refractivity contribution >= 4 is 18.1 Å². The highest BCUT2D eigenvalue weighted by molar-refractivity contribution is 7.71. The van der Waals surface area contributed by atoms with E-state index in [1.807, 2.05) is 51.7 Å². The topological polar surface area (TPSA) is 59.2 Å². The van der Waals surface area contributed by atoms with Crippen LogP contribution in [0.25, 0.3) is 17.1 Å². The molecule has 150 valence electrons. The highest BCUT2D eigenvalue weighted by atomic mass is 32.1. The standard InChI is InChI=1S/C21H24N6OS/c1-24(2)20(28)18-11-7-13-25(18)15-26-21(29)27(17-9-4-3-5-10-17)19(23-26)16-8-6-12-22-14-16/h3-6,8-10,12,14,18H,7,11,13,15H2,1-2H3/t18-/m0/s1. The zero-order valence-electron chi connectivity index (χ0n) is 16.6. The number of hydrogen-bond acceptors (Lipinski definition) is 5.